The summed E-state index contributed by atoms with van der Waals surface area (Å²) in [6.45, 7) is 3.67. The molecule has 1 aliphatic carbocycles. The Morgan fingerprint density at radius 2 is 2.25 bits per heavy atom. The minimum Gasteiger partial charge on any atom is -0.481 e. The number of carbonyl (C=O) groups is 2. The van der Waals surface area contributed by atoms with Gasteiger partial charge in [-0.3, -0.25) is 4.79 Å². The highest BCUT2D eigenvalue weighted by atomic mass is 16.4. The van der Waals surface area contributed by atoms with E-state index in [1.54, 1.807) is 20.0 Å². The zero-order valence-electron chi connectivity index (χ0n) is 11.6. The van der Waals surface area contributed by atoms with Crippen molar-refractivity contribution < 1.29 is 19.1 Å². The molecule has 1 aliphatic rings. The van der Waals surface area contributed by atoms with E-state index in [9.17, 15) is 9.59 Å². The van der Waals surface area contributed by atoms with Gasteiger partial charge in [0.2, 0.25) is 5.89 Å². The summed E-state index contributed by atoms with van der Waals surface area (Å²) in [6, 6.07) is -0.785. The van der Waals surface area contributed by atoms with Crippen LogP contribution in [0.5, 0.6) is 0 Å². The van der Waals surface area contributed by atoms with Crippen LogP contribution in [0.25, 0.3) is 0 Å². The van der Waals surface area contributed by atoms with Gasteiger partial charge in [-0.15, -0.1) is 0 Å². The van der Waals surface area contributed by atoms with Crippen LogP contribution < -0.4 is 10.6 Å². The number of nitrogens with zero attached hydrogens (tertiary/aromatic N) is 1. The van der Waals surface area contributed by atoms with Crippen molar-refractivity contribution in [3.63, 3.8) is 0 Å². The summed E-state index contributed by atoms with van der Waals surface area (Å²) < 4.78 is 5.31. The van der Waals surface area contributed by atoms with Crippen molar-refractivity contribution >= 4 is 12.0 Å². The van der Waals surface area contributed by atoms with E-state index in [0.717, 1.165) is 6.42 Å². The summed E-state index contributed by atoms with van der Waals surface area (Å²) in [6.07, 6.45) is 3.69. The van der Waals surface area contributed by atoms with Gasteiger partial charge in [-0.1, -0.05) is 6.42 Å². The molecule has 1 saturated carbocycles. The normalized spacial score (nSPS) is 17.9. The monoisotopic (exact) mass is 281 g/mol. The average molecular weight is 281 g/mol. The van der Waals surface area contributed by atoms with Gasteiger partial charge in [0, 0.05) is 6.54 Å². The first kappa shape index (κ1) is 14.4. The Hall–Kier alpha value is -2.05. The van der Waals surface area contributed by atoms with Crippen molar-refractivity contribution in [2.45, 2.75) is 39.2 Å². The van der Waals surface area contributed by atoms with Crippen molar-refractivity contribution in [1.29, 1.82) is 0 Å². The number of carboxylic acid groups (broad SMARTS) is 1. The SMILES string of the molecule is Cc1cnc(C(C)NC(=O)NCC2(C(=O)O)CCC2)o1. The van der Waals surface area contributed by atoms with Crippen LogP contribution in [0.3, 0.4) is 0 Å². The van der Waals surface area contributed by atoms with Gasteiger partial charge in [-0.2, -0.15) is 0 Å². The molecule has 1 unspecified atom stereocenters. The van der Waals surface area contributed by atoms with Gasteiger partial charge in [0.1, 0.15) is 11.8 Å². The molecule has 7 nitrogen and oxygen atoms in total. The molecule has 2 rings (SSSR count). The molecule has 1 heterocycles. The Morgan fingerprint density at radius 1 is 1.55 bits per heavy atom. The number of aromatic nitrogens is 1. The molecule has 0 aromatic carbocycles. The summed E-state index contributed by atoms with van der Waals surface area (Å²) in [4.78, 5) is 27.0. The topological polar surface area (TPSA) is 104 Å². The lowest BCUT2D eigenvalue weighted by Crippen LogP contribution is -2.50. The number of hydrogen-bond donors (Lipinski definition) is 3. The second kappa shape index (κ2) is 5.52. The molecule has 1 atom stereocenters. The lowest BCUT2D eigenvalue weighted by Gasteiger charge is -2.37. The average Bonchev–Trinajstić information content (AvgIpc) is 2.74. The summed E-state index contributed by atoms with van der Waals surface area (Å²) in [5.74, 6) is 0.253. The molecular formula is C13H19N3O4. The van der Waals surface area contributed by atoms with Crippen LogP contribution in [0.2, 0.25) is 0 Å². The summed E-state index contributed by atoms with van der Waals surface area (Å²) >= 11 is 0. The van der Waals surface area contributed by atoms with Gasteiger partial charge < -0.3 is 20.2 Å². The van der Waals surface area contributed by atoms with Crippen LogP contribution in [-0.2, 0) is 4.79 Å². The number of carboxylic acids is 1. The summed E-state index contributed by atoms with van der Waals surface area (Å²) in [5.41, 5.74) is -0.792. The Morgan fingerprint density at radius 3 is 2.70 bits per heavy atom. The predicted molar refractivity (Wildman–Crippen MR) is 70.1 cm³/mol. The number of amides is 2. The molecule has 2 amide bonds. The van der Waals surface area contributed by atoms with Crippen LogP contribution in [-0.4, -0.2) is 28.6 Å². The number of rotatable bonds is 5. The zero-order chi connectivity index (χ0) is 14.8. The van der Waals surface area contributed by atoms with Crippen LogP contribution in [0, 0.1) is 12.3 Å². The molecular weight excluding hydrogens is 262 g/mol. The quantitative estimate of drug-likeness (QED) is 0.760. The largest absolute Gasteiger partial charge is 0.481 e. The van der Waals surface area contributed by atoms with E-state index in [1.165, 1.54) is 0 Å². The number of hydrogen-bond acceptors (Lipinski definition) is 4. The molecule has 110 valence electrons. The smallest absolute Gasteiger partial charge is 0.315 e. The lowest BCUT2D eigenvalue weighted by molar-refractivity contribution is -0.153. The van der Waals surface area contributed by atoms with Crippen molar-refractivity contribution in [1.82, 2.24) is 15.6 Å². The molecule has 0 radical (unpaired) electrons. The Labute approximate surface area is 116 Å². The van der Waals surface area contributed by atoms with Gasteiger partial charge in [0.15, 0.2) is 0 Å². The van der Waals surface area contributed by atoms with E-state index in [1.807, 2.05) is 0 Å². The fourth-order valence-electron chi connectivity index (χ4n) is 2.20. The molecule has 0 spiro atoms. The van der Waals surface area contributed by atoms with Crippen LogP contribution >= 0.6 is 0 Å². The van der Waals surface area contributed by atoms with Gasteiger partial charge in [-0.05, 0) is 26.7 Å². The van der Waals surface area contributed by atoms with E-state index in [-0.39, 0.29) is 12.6 Å². The Balaban J connectivity index is 1.82. The second-order valence-corrected chi connectivity index (χ2v) is 5.30. The van der Waals surface area contributed by atoms with E-state index in [2.05, 4.69) is 15.6 Å². The van der Waals surface area contributed by atoms with Crippen molar-refractivity contribution in [3.05, 3.63) is 17.8 Å². The first-order valence-corrected chi connectivity index (χ1v) is 6.63. The van der Waals surface area contributed by atoms with E-state index in [0.29, 0.717) is 24.5 Å². The number of urea groups is 1. The van der Waals surface area contributed by atoms with Crippen LogP contribution in [0.15, 0.2) is 10.6 Å². The maximum atomic E-state index is 11.8. The maximum Gasteiger partial charge on any atom is 0.315 e. The van der Waals surface area contributed by atoms with Gasteiger partial charge >= 0.3 is 12.0 Å². The van der Waals surface area contributed by atoms with Crippen LogP contribution in [0.4, 0.5) is 4.79 Å². The molecule has 0 saturated heterocycles. The third-order valence-electron chi connectivity index (χ3n) is 3.71. The summed E-state index contributed by atoms with van der Waals surface area (Å²) in [7, 11) is 0. The molecule has 0 aliphatic heterocycles. The predicted octanol–water partition coefficient (Wildman–Crippen LogP) is 1.60. The molecule has 1 aromatic heterocycles. The van der Waals surface area contributed by atoms with Crippen LogP contribution in [0.1, 0.15) is 43.9 Å². The van der Waals surface area contributed by atoms with Crippen molar-refractivity contribution in [2.24, 2.45) is 5.41 Å². The molecule has 1 fully saturated rings. The highest BCUT2D eigenvalue weighted by Gasteiger charge is 2.44. The highest BCUT2D eigenvalue weighted by molar-refractivity contribution is 5.79. The van der Waals surface area contributed by atoms with Crippen molar-refractivity contribution in [3.8, 4) is 0 Å². The van der Waals surface area contributed by atoms with E-state index in [4.69, 9.17) is 9.52 Å². The standard InChI is InChI=1S/C13H19N3O4/c1-8-6-14-10(20-8)9(2)16-12(19)15-7-13(11(17)18)4-3-5-13/h6,9H,3-5,7H2,1-2H3,(H,17,18)(H2,15,16,19). The third-order valence-corrected chi connectivity index (χ3v) is 3.71. The van der Waals surface area contributed by atoms with Gasteiger partial charge in [-0.25, -0.2) is 9.78 Å². The van der Waals surface area contributed by atoms with Gasteiger partial charge in [0.25, 0.3) is 0 Å². The van der Waals surface area contributed by atoms with Crippen molar-refractivity contribution in [2.75, 3.05) is 6.54 Å². The Bertz CT molecular complexity index is 507. The number of aryl methyl sites for hydroxylation is 1. The summed E-state index contributed by atoms with van der Waals surface area (Å²) in [5, 5.41) is 14.4. The molecule has 0 bridgehead atoms. The molecule has 7 heteroatoms. The number of aliphatic carboxylic acids is 1. The first-order chi connectivity index (χ1) is 9.43. The maximum absolute atomic E-state index is 11.8. The lowest BCUT2D eigenvalue weighted by atomic mass is 9.69. The Kier molecular flexibility index (Phi) is 3.96. The fourth-order valence-corrected chi connectivity index (χ4v) is 2.20. The first-order valence-electron chi connectivity index (χ1n) is 6.63. The van der Waals surface area contributed by atoms with E-state index >= 15 is 0 Å². The fraction of sp³-hybridized carbons (Fsp3) is 0.615. The second-order valence-electron chi connectivity index (χ2n) is 5.30. The third kappa shape index (κ3) is 2.92. The number of oxazole rings is 1. The highest BCUT2D eigenvalue weighted by Crippen LogP contribution is 2.40. The number of carbonyl (C=O) groups excluding carboxylic acids is 1. The van der Waals surface area contributed by atoms with Gasteiger partial charge in [0.05, 0.1) is 11.6 Å². The van der Waals surface area contributed by atoms with E-state index < -0.39 is 17.4 Å². The molecule has 20 heavy (non-hydrogen) atoms. The number of nitrogens with one attached hydrogen (secondary N) is 2. The zero-order valence-corrected chi connectivity index (χ0v) is 11.6. The minimum atomic E-state index is -0.847. The molecule has 1 aromatic rings. The molecule has 3 N–H and O–H groups in total. The minimum absolute atomic E-state index is 0.144.